The van der Waals surface area contributed by atoms with Gasteiger partial charge in [-0.3, -0.25) is 0 Å². The number of anilines is 2. The first-order valence-corrected chi connectivity index (χ1v) is 6.02. The molecule has 3 rings (SSSR count). The smallest absolute Gasteiger partial charge is 0.0448 e. The van der Waals surface area contributed by atoms with Crippen molar-refractivity contribution in [3.05, 3.63) is 48.0 Å². The molecule has 0 aromatic heterocycles. The van der Waals surface area contributed by atoms with Crippen LogP contribution in [-0.2, 0) is 6.54 Å². The van der Waals surface area contributed by atoms with Crippen molar-refractivity contribution in [2.75, 3.05) is 17.2 Å². The summed E-state index contributed by atoms with van der Waals surface area (Å²) in [5, 5.41) is 0. The van der Waals surface area contributed by atoms with E-state index in [2.05, 4.69) is 48.2 Å². The predicted octanol–water partition coefficient (Wildman–Crippen LogP) is 3.28. The van der Waals surface area contributed by atoms with E-state index in [9.17, 15) is 0 Å². The zero-order valence-corrected chi connectivity index (χ0v) is 9.98. The molecule has 2 nitrogen and oxygen atoms in total. The molecule has 2 N–H and O–H groups in total. The fourth-order valence-electron chi connectivity index (χ4n) is 2.53. The molecule has 0 fully saturated rings. The van der Waals surface area contributed by atoms with E-state index < -0.39 is 0 Å². The summed E-state index contributed by atoms with van der Waals surface area (Å²) in [4.78, 5) is 2.40. The monoisotopic (exact) mass is 224 g/mol. The quantitative estimate of drug-likeness (QED) is 0.753. The van der Waals surface area contributed by atoms with Gasteiger partial charge in [-0.1, -0.05) is 24.3 Å². The highest BCUT2D eigenvalue weighted by molar-refractivity contribution is 5.85. The maximum atomic E-state index is 5.89. The minimum absolute atomic E-state index is 0.837. The third-order valence-electron chi connectivity index (χ3n) is 3.41. The fourth-order valence-corrected chi connectivity index (χ4v) is 2.53. The van der Waals surface area contributed by atoms with Crippen LogP contribution in [0.4, 0.5) is 11.4 Å². The van der Waals surface area contributed by atoms with Gasteiger partial charge in [0.1, 0.15) is 0 Å². The Morgan fingerprint density at radius 2 is 1.94 bits per heavy atom. The van der Waals surface area contributed by atoms with Gasteiger partial charge in [0.25, 0.3) is 0 Å². The van der Waals surface area contributed by atoms with Gasteiger partial charge < -0.3 is 10.6 Å². The van der Waals surface area contributed by atoms with Gasteiger partial charge in [-0.15, -0.1) is 0 Å². The Hall–Kier alpha value is -1.96. The third kappa shape index (κ3) is 1.57. The molecule has 0 bridgehead atoms. The Morgan fingerprint density at radius 3 is 2.76 bits per heavy atom. The molecule has 0 atom stereocenters. The Labute approximate surface area is 102 Å². The van der Waals surface area contributed by atoms with Crippen molar-refractivity contribution in [2.24, 2.45) is 0 Å². The van der Waals surface area contributed by atoms with E-state index >= 15 is 0 Å². The van der Waals surface area contributed by atoms with Crippen molar-refractivity contribution >= 4 is 11.4 Å². The Balaban J connectivity index is 2.24. The first kappa shape index (κ1) is 10.2. The van der Waals surface area contributed by atoms with E-state index in [1.807, 2.05) is 6.07 Å². The summed E-state index contributed by atoms with van der Waals surface area (Å²) in [6.07, 6.45) is 0. The van der Waals surface area contributed by atoms with Crippen LogP contribution in [0.25, 0.3) is 11.1 Å². The number of hydrogen-bond donors (Lipinski definition) is 1. The lowest BCUT2D eigenvalue weighted by Gasteiger charge is -2.32. The van der Waals surface area contributed by atoms with Crippen molar-refractivity contribution in [3.63, 3.8) is 0 Å². The lowest BCUT2D eigenvalue weighted by molar-refractivity contribution is 0.824. The highest BCUT2D eigenvalue weighted by Crippen LogP contribution is 2.39. The van der Waals surface area contributed by atoms with E-state index in [1.165, 1.54) is 22.4 Å². The maximum Gasteiger partial charge on any atom is 0.0448 e. The van der Waals surface area contributed by atoms with Crippen molar-refractivity contribution < 1.29 is 0 Å². The van der Waals surface area contributed by atoms with E-state index in [0.29, 0.717) is 0 Å². The van der Waals surface area contributed by atoms with E-state index in [4.69, 9.17) is 5.73 Å². The molecular formula is C15H16N2. The van der Waals surface area contributed by atoms with Crippen LogP contribution in [0, 0.1) is 0 Å². The Kier molecular flexibility index (Phi) is 2.29. The number of nitrogen functional groups attached to an aromatic ring is 1. The number of hydrogen-bond acceptors (Lipinski definition) is 2. The number of para-hydroxylation sites is 1. The van der Waals surface area contributed by atoms with Crippen LogP contribution in [0.2, 0.25) is 0 Å². The van der Waals surface area contributed by atoms with Crippen LogP contribution in [0.3, 0.4) is 0 Å². The van der Waals surface area contributed by atoms with Crippen LogP contribution in [0.15, 0.2) is 42.5 Å². The summed E-state index contributed by atoms with van der Waals surface area (Å²) in [5.74, 6) is 0. The van der Waals surface area contributed by atoms with Gasteiger partial charge in [-0.25, -0.2) is 0 Å². The molecule has 0 saturated heterocycles. The molecule has 17 heavy (non-hydrogen) atoms. The van der Waals surface area contributed by atoms with E-state index in [0.717, 1.165) is 18.8 Å². The van der Waals surface area contributed by atoms with E-state index in [-0.39, 0.29) is 0 Å². The van der Waals surface area contributed by atoms with Crippen molar-refractivity contribution in [1.29, 1.82) is 0 Å². The Bertz CT molecular complexity index is 561. The van der Waals surface area contributed by atoms with Crippen LogP contribution in [-0.4, -0.2) is 6.54 Å². The van der Waals surface area contributed by atoms with Crippen molar-refractivity contribution in [2.45, 2.75) is 13.5 Å². The number of benzene rings is 2. The molecule has 0 saturated carbocycles. The number of fused-ring (bicyclic) bond motifs is 3. The SMILES string of the molecule is CCN1Cc2ccc(N)cc2-c2ccccc21. The average molecular weight is 224 g/mol. The zero-order chi connectivity index (χ0) is 11.8. The van der Waals surface area contributed by atoms with Gasteiger partial charge in [0.15, 0.2) is 0 Å². The lowest BCUT2D eigenvalue weighted by Crippen LogP contribution is -2.26. The normalized spacial score (nSPS) is 13.1. The molecule has 0 amide bonds. The number of nitrogens with zero attached hydrogens (tertiary/aromatic N) is 1. The first-order chi connectivity index (χ1) is 8.29. The fraction of sp³-hybridized carbons (Fsp3) is 0.200. The molecule has 2 heteroatoms. The standard InChI is InChI=1S/C15H16N2/c1-2-17-10-11-7-8-12(16)9-14(11)13-5-3-4-6-15(13)17/h3-9H,2,10,16H2,1H3. The summed E-state index contributed by atoms with van der Waals surface area (Å²) in [7, 11) is 0. The van der Waals surface area contributed by atoms with Crippen LogP contribution in [0.5, 0.6) is 0 Å². The molecular weight excluding hydrogens is 208 g/mol. The maximum absolute atomic E-state index is 5.89. The average Bonchev–Trinajstić information content (AvgIpc) is 2.38. The molecule has 1 aliphatic rings. The summed E-state index contributed by atoms with van der Waals surface area (Å²) in [5.41, 5.74) is 12.0. The molecule has 1 aliphatic heterocycles. The highest BCUT2D eigenvalue weighted by Gasteiger charge is 2.20. The molecule has 0 radical (unpaired) electrons. The second kappa shape index (κ2) is 3.81. The second-order valence-corrected chi connectivity index (χ2v) is 4.45. The molecule has 1 heterocycles. The number of nitrogens with two attached hydrogens (primary N) is 1. The van der Waals surface area contributed by atoms with Crippen LogP contribution >= 0.6 is 0 Å². The molecule has 86 valence electrons. The summed E-state index contributed by atoms with van der Waals surface area (Å²) >= 11 is 0. The minimum Gasteiger partial charge on any atom is -0.399 e. The van der Waals surface area contributed by atoms with Crippen LogP contribution < -0.4 is 10.6 Å². The highest BCUT2D eigenvalue weighted by atomic mass is 15.1. The third-order valence-corrected chi connectivity index (χ3v) is 3.41. The first-order valence-electron chi connectivity index (χ1n) is 6.02. The second-order valence-electron chi connectivity index (χ2n) is 4.45. The van der Waals surface area contributed by atoms with Gasteiger partial charge >= 0.3 is 0 Å². The van der Waals surface area contributed by atoms with Crippen molar-refractivity contribution in [1.82, 2.24) is 0 Å². The van der Waals surface area contributed by atoms with Gasteiger partial charge in [0, 0.05) is 30.0 Å². The predicted molar refractivity (Wildman–Crippen MR) is 73.0 cm³/mol. The molecule has 0 spiro atoms. The molecule has 0 aliphatic carbocycles. The molecule has 2 aromatic rings. The van der Waals surface area contributed by atoms with Gasteiger partial charge in [-0.05, 0) is 36.2 Å². The Morgan fingerprint density at radius 1 is 1.12 bits per heavy atom. The molecule has 0 unspecified atom stereocenters. The summed E-state index contributed by atoms with van der Waals surface area (Å²) in [6.45, 7) is 4.20. The largest absolute Gasteiger partial charge is 0.399 e. The summed E-state index contributed by atoms with van der Waals surface area (Å²) in [6, 6.07) is 14.8. The van der Waals surface area contributed by atoms with Gasteiger partial charge in [0.2, 0.25) is 0 Å². The minimum atomic E-state index is 0.837. The zero-order valence-electron chi connectivity index (χ0n) is 9.98. The lowest BCUT2D eigenvalue weighted by atomic mass is 9.93. The van der Waals surface area contributed by atoms with Gasteiger partial charge in [0.05, 0.1) is 0 Å². The number of rotatable bonds is 1. The van der Waals surface area contributed by atoms with Crippen LogP contribution in [0.1, 0.15) is 12.5 Å². The van der Waals surface area contributed by atoms with Crippen molar-refractivity contribution in [3.8, 4) is 11.1 Å². The summed E-state index contributed by atoms with van der Waals surface area (Å²) < 4.78 is 0. The molecule has 2 aromatic carbocycles. The van der Waals surface area contributed by atoms with Gasteiger partial charge in [-0.2, -0.15) is 0 Å². The topological polar surface area (TPSA) is 29.3 Å². The van der Waals surface area contributed by atoms with E-state index in [1.54, 1.807) is 0 Å².